The fourth-order valence-corrected chi connectivity index (χ4v) is 2.68. The third-order valence-electron chi connectivity index (χ3n) is 4.40. The number of amides is 2. The van der Waals surface area contributed by atoms with E-state index in [1.165, 1.54) is 19.2 Å². The zero-order chi connectivity index (χ0) is 23.5. The van der Waals surface area contributed by atoms with Crippen LogP contribution in [0.1, 0.15) is 15.9 Å². The lowest BCUT2D eigenvalue weighted by Gasteiger charge is -2.09. The summed E-state index contributed by atoms with van der Waals surface area (Å²) >= 11 is 0. The molecule has 0 heterocycles. The van der Waals surface area contributed by atoms with Crippen molar-refractivity contribution in [1.29, 1.82) is 0 Å². The molecule has 0 aromatic heterocycles. The predicted octanol–water partition coefficient (Wildman–Crippen LogP) is 3.15. The van der Waals surface area contributed by atoms with E-state index in [1.54, 1.807) is 36.4 Å². The molecule has 0 saturated carbocycles. The number of methoxy groups -OCH3 is 1. The number of carbonyl (C=O) groups excluding carboxylic acids is 3. The molecule has 0 bridgehead atoms. The number of carbonyl (C=O) groups is 3. The van der Waals surface area contributed by atoms with Gasteiger partial charge in [0.1, 0.15) is 23.9 Å². The fraction of sp³-hybridized carbons (Fsp3) is 0.160. The molecule has 0 aliphatic rings. The van der Waals surface area contributed by atoms with Crippen molar-refractivity contribution in [3.05, 3.63) is 90.0 Å². The van der Waals surface area contributed by atoms with Crippen LogP contribution in [0.15, 0.2) is 78.9 Å². The first-order chi connectivity index (χ1) is 16.0. The summed E-state index contributed by atoms with van der Waals surface area (Å²) in [5.41, 5.74) is 1.32. The molecule has 0 fully saturated rings. The van der Waals surface area contributed by atoms with E-state index in [0.717, 1.165) is 5.56 Å². The van der Waals surface area contributed by atoms with Gasteiger partial charge in [-0.15, -0.1) is 0 Å². The SMILES string of the molecule is COc1ccc(C(=O)NC(=O)COC(=O)COc2ccc(OCc3ccccc3)cc2)cc1. The highest BCUT2D eigenvalue weighted by atomic mass is 16.6. The second kappa shape index (κ2) is 11.9. The van der Waals surface area contributed by atoms with Crippen LogP contribution < -0.4 is 19.5 Å². The molecule has 0 aliphatic heterocycles. The van der Waals surface area contributed by atoms with Crippen LogP contribution in [0, 0.1) is 0 Å². The van der Waals surface area contributed by atoms with Gasteiger partial charge in [-0.25, -0.2) is 4.79 Å². The summed E-state index contributed by atoms with van der Waals surface area (Å²) in [7, 11) is 1.51. The molecule has 0 radical (unpaired) electrons. The highest BCUT2D eigenvalue weighted by Gasteiger charge is 2.13. The maximum Gasteiger partial charge on any atom is 0.344 e. The predicted molar refractivity (Wildman–Crippen MR) is 119 cm³/mol. The van der Waals surface area contributed by atoms with Crippen LogP contribution in [0.3, 0.4) is 0 Å². The molecule has 3 aromatic carbocycles. The number of imide groups is 1. The molecule has 3 aromatic rings. The Labute approximate surface area is 191 Å². The standard InChI is InChI=1S/C25H23NO7/c1-30-20-9-7-19(8-10-20)25(29)26-23(27)16-33-24(28)17-32-22-13-11-21(12-14-22)31-15-18-5-3-2-4-6-18/h2-14H,15-17H2,1H3,(H,26,27,29). The molecule has 8 heteroatoms. The summed E-state index contributed by atoms with van der Waals surface area (Å²) in [4.78, 5) is 35.7. The van der Waals surface area contributed by atoms with Gasteiger partial charge in [0, 0.05) is 5.56 Å². The highest BCUT2D eigenvalue weighted by molar-refractivity contribution is 6.05. The van der Waals surface area contributed by atoms with Gasteiger partial charge in [0.05, 0.1) is 7.11 Å². The van der Waals surface area contributed by atoms with Crippen LogP contribution in [0.4, 0.5) is 0 Å². The molecule has 2 amide bonds. The molecule has 170 valence electrons. The van der Waals surface area contributed by atoms with Gasteiger partial charge in [-0.3, -0.25) is 14.9 Å². The lowest BCUT2D eigenvalue weighted by Crippen LogP contribution is -2.34. The molecule has 8 nitrogen and oxygen atoms in total. The third kappa shape index (κ3) is 7.70. The summed E-state index contributed by atoms with van der Waals surface area (Å²) in [6, 6.07) is 22.8. The number of benzene rings is 3. The van der Waals surface area contributed by atoms with E-state index in [2.05, 4.69) is 5.32 Å². The van der Waals surface area contributed by atoms with Gasteiger partial charge >= 0.3 is 5.97 Å². The number of hydrogen-bond acceptors (Lipinski definition) is 7. The van der Waals surface area contributed by atoms with Gasteiger partial charge in [0.2, 0.25) is 0 Å². The quantitative estimate of drug-likeness (QED) is 0.475. The van der Waals surface area contributed by atoms with E-state index >= 15 is 0 Å². The van der Waals surface area contributed by atoms with Gasteiger partial charge in [-0.05, 0) is 54.1 Å². The van der Waals surface area contributed by atoms with Crippen LogP contribution in [0.5, 0.6) is 17.2 Å². The van der Waals surface area contributed by atoms with E-state index in [9.17, 15) is 14.4 Å². The van der Waals surface area contributed by atoms with Crippen LogP contribution >= 0.6 is 0 Å². The number of hydrogen-bond donors (Lipinski definition) is 1. The minimum atomic E-state index is -0.746. The average molecular weight is 449 g/mol. The first-order valence-corrected chi connectivity index (χ1v) is 10.1. The minimum absolute atomic E-state index is 0.273. The van der Waals surface area contributed by atoms with E-state index < -0.39 is 24.4 Å². The smallest absolute Gasteiger partial charge is 0.344 e. The van der Waals surface area contributed by atoms with E-state index in [4.69, 9.17) is 18.9 Å². The lowest BCUT2D eigenvalue weighted by atomic mass is 10.2. The number of nitrogens with one attached hydrogen (secondary N) is 1. The number of rotatable bonds is 10. The first kappa shape index (κ1) is 23.3. The van der Waals surface area contributed by atoms with Crippen molar-refractivity contribution < 1.29 is 33.3 Å². The normalized spacial score (nSPS) is 10.1. The monoisotopic (exact) mass is 449 g/mol. The van der Waals surface area contributed by atoms with Crippen LogP contribution in [-0.4, -0.2) is 38.1 Å². The molecule has 0 atom stereocenters. The average Bonchev–Trinajstić information content (AvgIpc) is 2.86. The Morgan fingerprint density at radius 2 is 1.33 bits per heavy atom. The van der Waals surface area contributed by atoms with Gasteiger partial charge < -0.3 is 18.9 Å². The third-order valence-corrected chi connectivity index (χ3v) is 4.40. The molecular weight excluding hydrogens is 426 g/mol. The largest absolute Gasteiger partial charge is 0.497 e. The topological polar surface area (TPSA) is 100 Å². The van der Waals surface area contributed by atoms with Crippen molar-refractivity contribution >= 4 is 17.8 Å². The zero-order valence-electron chi connectivity index (χ0n) is 18.0. The van der Waals surface area contributed by atoms with Crippen molar-refractivity contribution in [2.75, 3.05) is 20.3 Å². The van der Waals surface area contributed by atoms with Crippen molar-refractivity contribution in [3.8, 4) is 17.2 Å². The first-order valence-electron chi connectivity index (χ1n) is 10.1. The van der Waals surface area contributed by atoms with E-state index in [0.29, 0.717) is 23.9 Å². The second-order valence-corrected chi connectivity index (χ2v) is 6.80. The Hall–Kier alpha value is -4.33. The zero-order valence-corrected chi connectivity index (χ0v) is 18.0. The van der Waals surface area contributed by atoms with E-state index in [-0.39, 0.29) is 12.2 Å². The van der Waals surface area contributed by atoms with Gasteiger partial charge in [-0.1, -0.05) is 30.3 Å². The molecule has 0 spiro atoms. The summed E-state index contributed by atoms with van der Waals surface area (Å²) in [5, 5.41) is 2.14. The van der Waals surface area contributed by atoms with Gasteiger partial charge in [0.25, 0.3) is 11.8 Å². The second-order valence-electron chi connectivity index (χ2n) is 6.80. The van der Waals surface area contributed by atoms with Crippen molar-refractivity contribution in [1.82, 2.24) is 5.32 Å². The lowest BCUT2D eigenvalue weighted by molar-refractivity contribution is -0.150. The number of ether oxygens (including phenoxy) is 4. The summed E-state index contributed by atoms with van der Waals surface area (Å²) < 4.78 is 20.9. The Morgan fingerprint density at radius 1 is 0.727 bits per heavy atom. The Bertz CT molecular complexity index is 1060. The minimum Gasteiger partial charge on any atom is -0.497 e. The van der Waals surface area contributed by atoms with Crippen LogP contribution in [-0.2, 0) is 20.9 Å². The van der Waals surface area contributed by atoms with Gasteiger partial charge in [0.15, 0.2) is 13.2 Å². The molecule has 1 N–H and O–H groups in total. The molecule has 0 aliphatic carbocycles. The Balaban J connectivity index is 1.35. The summed E-state index contributed by atoms with van der Waals surface area (Å²) in [6.07, 6.45) is 0. The number of esters is 1. The van der Waals surface area contributed by atoms with Crippen molar-refractivity contribution in [3.63, 3.8) is 0 Å². The van der Waals surface area contributed by atoms with E-state index in [1.807, 2.05) is 30.3 Å². The van der Waals surface area contributed by atoms with Crippen molar-refractivity contribution in [2.24, 2.45) is 0 Å². The van der Waals surface area contributed by atoms with Crippen LogP contribution in [0.2, 0.25) is 0 Å². The summed E-state index contributed by atoms with van der Waals surface area (Å²) in [5.74, 6) is -0.411. The Kier molecular flexibility index (Phi) is 8.41. The Morgan fingerprint density at radius 3 is 1.97 bits per heavy atom. The molecular formula is C25H23NO7. The van der Waals surface area contributed by atoms with Crippen LogP contribution in [0.25, 0.3) is 0 Å². The van der Waals surface area contributed by atoms with Gasteiger partial charge in [-0.2, -0.15) is 0 Å². The maximum absolute atomic E-state index is 12.0. The molecule has 0 unspecified atom stereocenters. The maximum atomic E-state index is 12.0. The summed E-state index contributed by atoms with van der Waals surface area (Å²) in [6.45, 7) is -0.545. The fourth-order valence-electron chi connectivity index (χ4n) is 2.68. The van der Waals surface area contributed by atoms with Crippen molar-refractivity contribution in [2.45, 2.75) is 6.61 Å². The molecule has 33 heavy (non-hydrogen) atoms. The highest BCUT2D eigenvalue weighted by Crippen LogP contribution is 2.18. The molecule has 3 rings (SSSR count). The molecule has 0 saturated heterocycles.